The van der Waals surface area contributed by atoms with Crippen molar-refractivity contribution >= 4 is 9.84 Å². The van der Waals surface area contributed by atoms with Gasteiger partial charge in [0.05, 0.1) is 5.75 Å². The van der Waals surface area contributed by atoms with Crippen LogP contribution in [0.25, 0.3) is 0 Å². The van der Waals surface area contributed by atoms with E-state index in [0.717, 1.165) is 12.8 Å². The second-order valence-electron chi connectivity index (χ2n) is 5.06. The average molecular weight is 284 g/mol. The van der Waals surface area contributed by atoms with E-state index in [-0.39, 0.29) is 24.0 Å². The van der Waals surface area contributed by atoms with E-state index in [2.05, 4.69) is 19.1 Å². The second-order valence-corrected chi connectivity index (χ2v) is 7.53. The lowest BCUT2D eigenvalue weighted by atomic mass is 9.93. The summed E-state index contributed by atoms with van der Waals surface area (Å²) in [7, 11) is -2.89. The molecule has 1 N–H and O–H groups in total. The van der Waals surface area contributed by atoms with E-state index in [9.17, 15) is 13.5 Å². The van der Waals surface area contributed by atoms with Gasteiger partial charge >= 0.3 is 0 Å². The molecule has 0 aliphatic rings. The van der Waals surface area contributed by atoms with Crippen molar-refractivity contribution in [3.8, 4) is 0 Å². The van der Waals surface area contributed by atoms with E-state index in [1.54, 1.807) is 6.92 Å². The zero-order chi connectivity index (χ0) is 14.3. The zero-order valence-electron chi connectivity index (χ0n) is 11.8. The van der Waals surface area contributed by atoms with Gasteiger partial charge in [0.15, 0.2) is 0 Å². The summed E-state index contributed by atoms with van der Waals surface area (Å²) in [5.74, 6) is 0.579. The fourth-order valence-corrected chi connectivity index (χ4v) is 3.04. The van der Waals surface area contributed by atoms with Gasteiger partial charge in [-0.15, -0.1) is 0 Å². The molecule has 0 aliphatic heterocycles. The second kappa shape index (κ2) is 7.65. The van der Waals surface area contributed by atoms with Gasteiger partial charge in [-0.25, -0.2) is 8.42 Å². The van der Waals surface area contributed by atoms with Crippen molar-refractivity contribution in [2.75, 3.05) is 18.1 Å². The minimum atomic E-state index is -2.89. The first-order valence-corrected chi connectivity index (χ1v) is 8.66. The number of aryl methyl sites for hydroxylation is 1. The maximum atomic E-state index is 11.4. The van der Waals surface area contributed by atoms with Crippen LogP contribution < -0.4 is 0 Å². The molecule has 0 saturated carbocycles. The van der Waals surface area contributed by atoms with Crippen LogP contribution in [0.2, 0.25) is 0 Å². The molecule has 0 amide bonds. The van der Waals surface area contributed by atoms with Crippen LogP contribution in [-0.4, -0.2) is 31.6 Å². The third kappa shape index (κ3) is 5.74. The van der Waals surface area contributed by atoms with Gasteiger partial charge in [-0.3, -0.25) is 0 Å². The number of aliphatic hydroxyl groups is 1. The minimum absolute atomic E-state index is 0.112. The SMILES string of the molecule is CCS(=O)(=O)CCCC(CO)Cc1ccccc1C. The smallest absolute Gasteiger partial charge is 0.150 e. The quantitative estimate of drug-likeness (QED) is 0.797. The molecule has 0 bridgehead atoms. The standard InChI is InChI=1S/C15H24O3S/c1-3-19(17,18)10-6-8-14(12-16)11-15-9-5-4-7-13(15)2/h4-5,7,9,14,16H,3,6,8,10-12H2,1-2H3. The highest BCUT2D eigenvalue weighted by Crippen LogP contribution is 2.17. The molecule has 0 aromatic heterocycles. The molecule has 0 heterocycles. The lowest BCUT2D eigenvalue weighted by Gasteiger charge is -2.15. The van der Waals surface area contributed by atoms with Gasteiger partial charge in [0.1, 0.15) is 9.84 Å². The first-order chi connectivity index (χ1) is 8.98. The van der Waals surface area contributed by atoms with Crippen molar-refractivity contribution in [2.24, 2.45) is 5.92 Å². The van der Waals surface area contributed by atoms with Gasteiger partial charge in [-0.1, -0.05) is 31.2 Å². The summed E-state index contributed by atoms with van der Waals surface area (Å²) in [5, 5.41) is 9.42. The predicted octanol–water partition coefficient (Wildman–Crippen LogP) is 2.36. The number of sulfone groups is 1. The largest absolute Gasteiger partial charge is 0.396 e. The Hall–Kier alpha value is -0.870. The van der Waals surface area contributed by atoms with Crippen LogP contribution in [0.3, 0.4) is 0 Å². The molecular weight excluding hydrogens is 260 g/mol. The zero-order valence-corrected chi connectivity index (χ0v) is 12.6. The molecule has 1 atom stereocenters. The van der Waals surface area contributed by atoms with Crippen molar-refractivity contribution < 1.29 is 13.5 Å². The van der Waals surface area contributed by atoms with Gasteiger partial charge in [0.2, 0.25) is 0 Å². The van der Waals surface area contributed by atoms with Crippen molar-refractivity contribution in [1.82, 2.24) is 0 Å². The maximum absolute atomic E-state index is 11.4. The third-order valence-electron chi connectivity index (χ3n) is 3.54. The predicted molar refractivity (Wildman–Crippen MR) is 79.0 cm³/mol. The molecule has 1 aromatic rings. The van der Waals surface area contributed by atoms with E-state index in [4.69, 9.17) is 0 Å². The molecule has 0 aliphatic carbocycles. The highest BCUT2D eigenvalue weighted by Gasteiger charge is 2.13. The van der Waals surface area contributed by atoms with Gasteiger partial charge in [0, 0.05) is 12.4 Å². The van der Waals surface area contributed by atoms with E-state index < -0.39 is 9.84 Å². The van der Waals surface area contributed by atoms with Crippen LogP contribution in [0.5, 0.6) is 0 Å². The van der Waals surface area contributed by atoms with Crippen LogP contribution in [0.15, 0.2) is 24.3 Å². The lowest BCUT2D eigenvalue weighted by molar-refractivity contribution is 0.217. The summed E-state index contributed by atoms with van der Waals surface area (Å²) in [5.41, 5.74) is 2.46. The first kappa shape index (κ1) is 16.2. The number of aliphatic hydroxyl groups excluding tert-OH is 1. The Morgan fingerprint density at radius 1 is 1.26 bits per heavy atom. The molecule has 3 nitrogen and oxygen atoms in total. The Morgan fingerprint density at radius 3 is 2.53 bits per heavy atom. The Balaban J connectivity index is 2.49. The lowest BCUT2D eigenvalue weighted by Crippen LogP contribution is -2.14. The molecule has 0 saturated heterocycles. The molecule has 4 heteroatoms. The highest BCUT2D eigenvalue weighted by atomic mass is 32.2. The summed E-state index contributed by atoms with van der Waals surface area (Å²) in [6.45, 7) is 3.85. The highest BCUT2D eigenvalue weighted by molar-refractivity contribution is 7.91. The van der Waals surface area contributed by atoms with Crippen molar-refractivity contribution in [3.63, 3.8) is 0 Å². The molecule has 1 rings (SSSR count). The molecular formula is C15H24O3S. The van der Waals surface area contributed by atoms with Gasteiger partial charge in [-0.05, 0) is 43.2 Å². The van der Waals surface area contributed by atoms with Crippen LogP contribution in [0.4, 0.5) is 0 Å². The summed E-state index contributed by atoms with van der Waals surface area (Å²) in [6.07, 6.45) is 2.20. The molecule has 0 radical (unpaired) electrons. The summed E-state index contributed by atoms with van der Waals surface area (Å²) in [6, 6.07) is 8.13. The minimum Gasteiger partial charge on any atom is -0.396 e. The molecule has 1 unspecified atom stereocenters. The number of rotatable bonds is 8. The average Bonchev–Trinajstić information content (AvgIpc) is 2.39. The fraction of sp³-hybridized carbons (Fsp3) is 0.600. The summed E-state index contributed by atoms with van der Waals surface area (Å²) >= 11 is 0. The Labute approximate surface area is 116 Å². The first-order valence-electron chi connectivity index (χ1n) is 6.84. The number of hydrogen-bond donors (Lipinski definition) is 1. The molecule has 1 aromatic carbocycles. The van der Waals surface area contributed by atoms with E-state index >= 15 is 0 Å². The van der Waals surface area contributed by atoms with E-state index in [0.29, 0.717) is 6.42 Å². The van der Waals surface area contributed by atoms with E-state index in [1.165, 1.54) is 11.1 Å². The van der Waals surface area contributed by atoms with Crippen molar-refractivity contribution in [3.05, 3.63) is 35.4 Å². The van der Waals surface area contributed by atoms with Crippen molar-refractivity contribution in [2.45, 2.75) is 33.1 Å². The van der Waals surface area contributed by atoms with Crippen LogP contribution in [-0.2, 0) is 16.3 Å². The molecule has 0 spiro atoms. The van der Waals surface area contributed by atoms with E-state index in [1.807, 2.05) is 12.1 Å². The van der Waals surface area contributed by atoms with Gasteiger partial charge in [0.25, 0.3) is 0 Å². The summed E-state index contributed by atoms with van der Waals surface area (Å²) < 4.78 is 22.8. The van der Waals surface area contributed by atoms with Gasteiger partial charge in [-0.2, -0.15) is 0 Å². The van der Waals surface area contributed by atoms with Crippen LogP contribution >= 0.6 is 0 Å². The van der Waals surface area contributed by atoms with Crippen molar-refractivity contribution in [1.29, 1.82) is 0 Å². The van der Waals surface area contributed by atoms with Gasteiger partial charge < -0.3 is 5.11 Å². The van der Waals surface area contributed by atoms with Crippen LogP contribution in [0.1, 0.15) is 30.9 Å². The fourth-order valence-electron chi connectivity index (χ4n) is 2.14. The molecule has 0 fully saturated rings. The number of hydrogen-bond acceptors (Lipinski definition) is 3. The monoisotopic (exact) mass is 284 g/mol. The molecule has 108 valence electrons. The molecule has 19 heavy (non-hydrogen) atoms. The van der Waals surface area contributed by atoms with Crippen LogP contribution in [0, 0.1) is 12.8 Å². The summed E-state index contributed by atoms with van der Waals surface area (Å²) in [4.78, 5) is 0. The topological polar surface area (TPSA) is 54.4 Å². The Kier molecular flexibility index (Phi) is 6.52. The number of benzene rings is 1. The normalized spacial score (nSPS) is 13.4. The third-order valence-corrected chi connectivity index (χ3v) is 5.33. The Bertz CT molecular complexity index is 480. The Morgan fingerprint density at radius 2 is 1.95 bits per heavy atom. The maximum Gasteiger partial charge on any atom is 0.150 e.